The van der Waals surface area contributed by atoms with E-state index in [9.17, 15) is 19.7 Å². The molecule has 0 unspecified atom stereocenters. The van der Waals surface area contributed by atoms with Gasteiger partial charge in [-0.25, -0.2) is 4.79 Å². The third-order valence-electron chi connectivity index (χ3n) is 3.66. The molecule has 2 aromatic carbocycles. The Hall–Kier alpha value is -3.82. The van der Waals surface area contributed by atoms with Crippen LogP contribution in [-0.4, -0.2) is 43.7 Å². The van der Waals surface area contributed by atoms with Crippen molar-refractivity contribution in [1.29, 1.82) is 0 Å². The molecule has 0 aliphatic heterocycles. The third kappa shape index (κ3) is 6.38. The molecule has 2 aromatic rings. The average Bonchev–Trinajstić information content (AvgIpc) is 2.72. The summed E-state index contributed by atoms with van der Waals surface area (Å²) in [6, 6.07) is 10.4. The van der Waals surface area contributed by atoms with E-state index in [1.165, 1.54) is 19.2 Å². The number of nitrogens with zero attached hydrogens (tertiary/aromatic N) is 1. The molecule has 10 heteroatoms. The summed E-state index contributed by atoms with van der Waals surface area (Å²) in [7, 11) is 1.53. The number of hydrogen-bond donors (Lipinski definition) is 2. The molecule has 2 N–H and O–H groups in total. The van der Waals surface area contributed by atoms with Gasteiger partial charge in [0.15, 0.2) is 0 Å². The van der Waals surface area contributed by atoms with Crippen LogP contribution < -0.4 is 20.1 Å². The number of alkyl carbamates (subject to hydrolysis) is 1. The Morgan fingerprint density at radius 2 is 1.69 bits per heavy atom. The maximum absolute atomic E-state index is 12.5. The minimum Gasteiger partial charge on any atom is -0.497 e. The molecule has 2 amide bonds. The van der Waals surface area contributed by atoms with Crippen LogP contribution in [0.15, 0.2) is 42.5 Å². The van der Waals surface area contributed by atoms with E-state index in [0.29, 0.717) is 11.5 Å². The maximum atomic E-state index is 12.5. The lowest BCUT2D eigenvalue weighted by Crippen LogP contribution is -2.35. The normalized spacial score (nSPS) is 10.0. The summed E-state index contributed by atoms with van der Waals surface area (Å²) in [6.45, 7) is 2.14. The summed E-state index contributed by atoms with van der Waals surface area (Å²) in [5.41, 5.74) is -0.256. The van der Waals surface area contributed by atoms with Crippen LogP contribution in [0.4, 0.5) is 10.5 Å². The number of carbonyl (C=O) groups excluding carboxylic acids is 2. The second kappa shape index (κ2) is 10.5. The lowest BCUT2D eigenvalue weighted by Gasteiger charge is -2.12. The lowest BCUT2D eigenvalue weighted by atomic mass is 10.1. The number of nitro benzene ring substituents is 1. The van der Waals surface area contributed by atoms with Gasteiger partial charge in [0.05, 0.1) is 24.2 Å². The summed E-state index contributed by atoms with van der Waals surface area (Å²) in [5, 5.41) is 16.1. The molecule has 154 valence electrons. The van der Waals surface area contributed by atoms with Gasteiger partial charge < -0.3 is 24.8 Å². The summed E-state index contributed by atoms with van der Waals surface area (Å²) in [5.74, 6) is 0.630. The molecule has 0 heterocycles. The quantitative estimate of drug-likeness (QED) is 0.374. The topological polar surface area (TPSA) is 129 Å². The maximum Gasteiger partial charge on any atom is 0.407 e. The number of benzene rings is 2. The van der Waals surface area contributed by atoms with Crippen LogP contribution in [0.5, 0.6) is 17.2 Å². The number of nitrogens with one attached hydrogen (secondary N) is 2. The predicted octanol–water partition coefficient (Wildman–Crippen LogP) is 2.87. The van der Waals surface area contributed by atoms with Crippen molar-refractivity contribution in [1.82, 2.24) is 10.6 Å². The van der Waals surface area contributed by atoms with Crippen LogP contribution >= 0.6 is 0 Å². The van der Waals surface area contributed by atoms with Crippen molar-refractivity contribution in [3.05, 3.63) is 58.1 Å². The molecule has 29 heavy (non-hydrogen) atoms. The van der Waals surface area contributed by atoms with E-state index in [-0.39, 0.29) is 36.7 Å². The Bertz CT molecular complexity index is 869. The highest BCUT2D eigenvalue weighted by Crippen LogP contribution is 2.29. The van der Waals surface area contributed by atoms with Crippen molar-refractivity contribution in [2.45, 2.75) is 6.92 Å². The largest absolute Gasteiger partial charge is 0.497 e. The lowest BCUT2D eigenvalue weighted by molar-refractivity contribution is -0.384. The summed E-state index contributed by atoms with van der Waals surface area (Å²) < 4.78 is 15.5. The van der Waals surface area contributed by atoms with E-state index in [1.54, 1.807) is 31.2 Å². The molecule has 0 saturated heterocycles. The van der Waals surface area contributed by atoms with Gasteiger partial charge in [-0.1, -0.05) is 0 Å². The first-order valence-electron chi connectivity index (χ1n) is 8.73. The van der Waals surface area contributed by atoms with Crippen molar-refractivity contribution >= 4 is 17.7 Å². The Morgan fingerprint density at radius 1 is 1.03 bits per heavy atom. The van der Waals surface area contributed by atoms with E-state index in [1.807, 2.05) is 0 Å². The van der Waals surface area contributed by atoms with Gasteiger partial charge in [0, 0.05) is 25.2 Å². The van der Waals surface area contributed by atoms with Gasteiger partial charge in [0.1, 0.15) is 17.2 Å². The van der Waals surface area contributed by atoms with Crippen LogP contribution in [0.3, 0.4) is 0 Å². The minimum atomic E-state index is -0.601. The molecular formula is C19H21N3O7. The summed E-state index contributed by atoms with van der Waals surface area (Å²) in [4.78, 5) is 34.2. The minimum absolute atomic E-state index is 0.00819. The van der Waals surface area contributed by atoms with Crippen LogP contribution in [0.25, 0.3) is 0 Å². The average molecular weight is 403 g/mol. The molecule has 0 saturated carbocycles. The third-order valence-corrected chi connectivity index (χ3v) is 3.66. The van der Waals surface area contributed by atoms with Gasteiger partial charge in [-0.2, -0.15) is 0 Å². The van der Waals surface area contributed by atoms with Crippen LogP contribution in [0.2, 0.25) is 0 Å². The van der Waals surface area contributed by atoms with Gasteiger partial charge in [0.25, 0.3) is 11.6 Å². The highest BCUT2D eigenvalue weighted by atomic mass is 16.6. The fraction of sp³-hybridized carbons (Fsp3) is 0.263. The molecule has 0 radical (unpaired) electrons. The zero-order valence-electron chi connectivity index (χ0n) is 16.0. The number of rotatable bonds is 9. The van der Waals surface area contributed by atoms with Gasteiger partial charge in [-0.15, -0.1) is 0 Å². The number of non-ortho nitro benzene ring substituents is 1. The number of methoxy groups -OCH3 is 1. The Morgan fingerprint density at radius 3 is 2.31 bits per heavy atom. The zero-order chi connectivity index (χ0) is 21.2. The molecule has 0 fully saturated rings. The zero-order valence-corrected chi connectivity index (χ0v) is 16.0. The van der Waals surface area contributed by atoms with Crippen molar-refractivity contribution in [2.24, 2.45) is 0 Å². The first-order valence-corrected chi connectivity index (χ1v) is 8.73. The SMILES string of the molecule is CCOC(=O)NCCNC(=O)c1cc([N+](=O)[O-])ccc1Oc1ccc(OC)cc1. The molecule has 0 aliphatic rings. The second-order valence-electron chi connectivity index (χ2n) is 5.62. The second-order valence-corrected chi connectivity index (χ2v) is 5.62. The molecule has 2 rings (SSSR count). The number of ether oxygens (including phenoxy) is 3. The molecule has 0 atom stereocenters. The number of hydrogen-bond acceptors (Lipinski definition) is 7. The van der Waals surface area contributed by atoms with Gasteiger partial charge in [0.2, 0.25) is 0 Å². The van der Waals surface area contributed by atoms with Gasteiger partial charge in [-0.05, 0) is 37.3 Å². The number of nitro groups is 1. The van der Waals surface area contributed by atoms with E-state index in [4.69, 9.17) is 14.2 Å². The van der Waals surface area contributed by atoms with E-state index < -0.39 is 16.9 Å². The highest BCUT2D eigenvalue weighted by molar-refractivity contribution is 5.97. The summed E-state index contributed by atoms with van der Waals surface area (Å²) >= 11 is 0. The fourth-order valence-corrected chi connectivity index (χ4v) is 2.29. The van der Waals surface area contributed by atoms with Crippen molar-refractivity contribution < 1.29 is 28.7 Å². The van der Waals surface area contributed by atoms with E-state index >= 15 is 0 Å². The first-order chi connectivity index (χ1) is 13.9. The van der Waals surface area contributed by atoms with Gasteiger partial charge in [-0.3, -0.25) is 14.9 Å². The van der Waals surface area contributed by atoms with Crippen molar-refractivity contribution in [2.75, 3.05) is 26.8 Å². The van der Waals surface area contributed by atoms with Crippen LogP contribution in [-0.2, 0) is 4.74 Å². The Balaban J connectivity index is 2.12. The Labute approximate surface area is 166 Å². The highest BCUT2D eigenvalue weighted by Gasteiger charge is 2.18. The van der Waals surface area contributed by atoms with Crippen LogP contribution in [0, 0.1) is 10.1 Å². The van der Waals surface area contributed by atoms with E-state index in [0.717, 1.165) is 6.07 Å². The molecule has 10 nitrogen and oxygen atoms in total. The standard InChI is InChI=1S/C19H21N3O7/c1-3-28-19(24)21-11-10-20-18(23)16-12-13(22(25)26)4-9-17(16)29-15-7-5-14(27-2)6-8-15/h4-9,12H,3,10-11H2,1-2H3,(H,20,23)(H,21,24). The molecule has 0 spiro atoms. The first kappa shape index (κ1) is 21.5. The van der Waals surface area contributed by atoms with Crippen molar-refractivity contribution in [3.63, 3.8) is 0 Å². The van der Waals surface area contributed by atoms with Gasteiger partial charge >= 0.3 is 6.09 Å². The number of amides is 2. The monoisotopic (exact) mass is 403 g/mol. The van der Waals surface area contributed by atoms with Crippen molar-refractivity contribution in [3.8, 4) is 17.2 Å². The Kier molecular flexibility index (Phi) is 7.78. The van der Waals surface area contributed by atoms with E-state index in [2.05, 4.69) is 10.6 Å². The molecule has 0 aliphatic carbocycles. The summed E-state index contributed by atoms with van der Waals surface area (Å²) in [6.07, 6.45) is -0.597. The smallest absolute Gasteiger partial charge is 0.407 e. The number of carbonyl (C=O) groups is 2. The molecular weight excluding hydrogens is 382 g/mol. The fourth-order valence-electron chi connectivity index (χ4n) is 2.29. The molecule has 0 aromatic heterocycles. The molecule has 0 bridgehead atoms. The van der Waals surface area contributed by atoms with Crippen LogP contribution in [0.1, 0.15) is 17.3 Å². The predicted molar refractivity (Wildman–Crippen MR) is 104 cm³/mol.